The third-order valence-electron chi connectivity index (χ3n) is 2.18. The molecule has 1 heterocycles. The maximum atomic E-state index is 11.8. The van der Waals surface area contributed by atoms with Crippen molar-refractivity contribution < 1.29 is 0 Å². The minimum absolute atomic E-state index is 0.107. The number of hydrogen-bond acceptors (Lipinski definition) is 4. The lowest BCUT2D eigenvalue weighted by Crippen LogP contribution is -2.14. The van der Waals surface area contributed by atoms with Crippen LogP contribution in [-0.2, 0) is 0 Å². The van der Waals surface area contributed by atoms with Crippen LogP contribution in [0.4, 0.5) is 5.95 Å². The second kappa shape index (κ2) is 5.22. The molecule has 0 fully saturated rings. The smallest absolute Gasteiger partial charge is 0.266 e. The van der Waals surface area contributed by atoms with E-state index in [1.54, 1.807) is 25.1 Å². The first-order valence-corrected chi connectivity index (χ1v) is 6.54. The minimum Gasteiger partial charge on any atom is -0.369 e. The van der Waals surface area contributed by atoms with Crippen LogP contribution in [0.1, 0.15) is 5.69 Å². The molecule has 0 aliphatic carbocycles. The second-order valence-electron chi connectivity index (χ2n) is 3.54. The number of aromatic nitrogens is 2. The number of aromatic amines is 1. The first-order valence-electron chi connectivity index (χ1n) is 4.96. The van der Waals surface area contributed by atoms with E-state index >= 15 is 0 Å². The Kier molecular flexibility index (Phi) is 3.85. The van der Waals surface area contributed by atoms with Crippen molar-refractivity contribution in [2.45, 2.75) is 16.7 Å². The number of nitrogen functional groups attached to an aromatic ring is 1. The van der Waals surface area contributed by atoms with Gasteiger partial charge in [-0.15, -0.1) is 0 Å². The van der Waals surface area contributed by atoms with Crippen molar-refractivity contribution in [1.82, 2.24) is 9.97 Å². The number of hydrogen-bond donors (Lipinski definition) is 2. The molecule has 0 atom stereocenters. The Labute approximate surface area is 118 Å². The third kappa shape index (κ3) is 2.80. The molecule has 0 saturated carbocycles. The average molecular weight is 302 g/mol. The molecule has 0 aliphatic heterocycles. The van der Waals surface area contributed by atoms with Crippen LogP contribution in [0, 0.1) is 6.92 Å². The molecule has 0 bridgehead atoms. The summed E-state index contributed by atoms with van der Waals surface area (Å²) in [5.74, 6) is 0.107. The Morgan fingerprint density at radius 3 is 2.67 bits per heavy atom. The van der Waals surface area contributed by atoms with Crippen LogP contribution in [0.25, 0.3) is 0 Å². The number of nitrogens with zero attached hydrogens (tertiary/aromatic N) is 1. The molecule has 0 unspecified atom stereocenters. The summed E-state index contributed by atoms with van der Waals surface area (Å²) in [6.45, 7) is 1.73. The number of nitrogens with two attached hydrogens (primary N) is 1. The van der Waals surface area contributed by atoms with Gasteiger partial charge in [-0.1, -0.05) is 35.0 Å². The molecule has 18 heavy (non-hydrogen) atoms. The SMILES string of the molecule is Cc1nc(N)[nH]c(=O)c1Sc1ccc(Cl)c(Cl)c1. The van der Waals surface area contributed by atoms with Gasteiger partial charge in [-0.3, -0.25) is 9.78 Å². The Balaban J connectivity index is 2.40. The Morgan fingerprint density at radius 1 is 1.33 bits per heavy atom. The van der Waals surface area contributed by atoms with Gasteiger partial charge in [0.15, 0.2) is 0 Å². The molecule has 0 aliphatic rings. The van der Waals surface area contributed by atoms with Gasteiger partial charge in [-0.05, 0) is 25.1 Å². The highest BCUT2D eigenvalue weighted by Crippen LogP contribution is 2.31. The molecule has 0 spiro atoms. The molecular weight excluding hydrogens is 293 g/mol. The summed E-state index contributed by atoms with van der Waals surface area (Å²) in [6.07, 6.45) is 0. The zero-order valence-electron chi connectivity index (χ0n) is 9.33. The third-order valence-corrected chi connectivity index (χ3v) is 4.09. The number of halogens is 2. The molecule has 0 radical (unpaired) electrons. The number of aryl methyl sites for hydroxylation is 1. The van der Waals surface area contributed by atoms with Crippen molar-refractivity contribution in [3.05, 3.63) is 44.3 Å². The molecule has 1 aromatic carbocycles. The fourth-order valence-corrected chi connectivity index (χ4v) is 2.62. The molecule has 1 aromatic heterocycles. The van der Waals surface area contributed by atoms with Gasteiger partial charge >= 0.3 is 0 Å². The van der Waals surface area contributed by atoms with Crippen LogP contribution in [0.3, 0.4) is 0 Å². The molecule has 94 valence electrons. The van der Waals surface area contributed by atoms with Gasteiger partial charge in [0.2, 0.25) is 5.95 Å². The predicted octanol–water partition coefficient (Wildman–Crippen LogP) is 3.12. The van der Waals surface area contributed by atoms with Crippen molar-refractivity contribution in [3.63, 3.8) is 0 Å². The van der Waals surface area contributed by atoms with Crippen molar-refractivity contribution in [2.24, 2.45) is 0 Å². The van der Waals surface area contributed by atoms with Crippen LogP contribution in [0.15, 0.2) is 32.8 Å². The molecule has 0 saturated heterocycles. The van der Waals surface area contributed by atoms with Crippen LogP contribution in [0.5, 0.6) is 0 Å². The van der Waals surface area contributed by atoms with Crippen LogP contribution >= 0.6 is 35.0 Å². The fourth-order valence-electron chi connectivity index (χ4n) is 1.38. The summed E-state index contributed by atoms with van der Waals surface area (Å²) in [5, 5.41) is 0.918. The number of anilines is 1. The standard InChI is InChI=1S/C11H9Cl2N3OS/c1-5-9(10(17)16-11(14)15-5)18-6-2-3-7(12)8(13)4-6/h2-4H,1H3,(H3,14,15,16,17). The summed E-state index contributed by atoms with van der Waals surface area (Å²) < 4.78 is 0. The first kappa shape index (κ1) is 13.3. The van der Waals surface area contributed by atoms with Gasteiger partial charge in [0.25, 0.3) is 5.56 Å². The van der Waals surface area contributed by atoms with Gasteiger partial charge in [0.05, 0.1) is 20.6 Å². The van der Waals surface area contributed by atoms with Crippen molar-refractivity contribution in [3.8, 4) is 0 Å². The van der Waals surface area contributed by atoms with E-state index in [9.17, 15) is 4.79 Å². The summed E-state index contributed by atoms with van der Waals surface area (Å²) in [6, 6.07) is 5.17. The molecule has 2 rings (SSSR count). The van der Waals surface area contributed by atoms with Gasteiger partial charge in [0, 0.05) is 4.90 Å². The summed E-state index contributed by atoms with van der Waals surface area (Å²) in [5.41, 5.74) is 5.76. The van der Waals surface area contributed by atoms with E-state index in [-0.39, 0.29) is 11.5 Å². The zero-order valence-corrected chi connectivity index (χ0v) is 11.7. The second-order valence-corrected chi connectivity index (χ2v) is 5.44. The van der Waals surface area contributed by atoms with Gasteiger partial charge in [0.1, 0.15) is 0 Å². The van der Waals surface area contributed by atoms with E-state index in [0.717, 1.165) is 4.90 Å². The van der Waals surface area contributed by atoms with Gasteiger partial charge in [-0.2, -0.15) is 0 Å². The van der Waals surface area contributed by atoms with E-state index in [2.05, 4.69) is 9.97 Å². The average Bonchev–Trinajstić information content (AvgIpc) is 2.28. The van der Waals surface area contributed by atoms with Crippen LogP contribution in [0.2, 0.25) is 10.0 Å². The van der Waals surface area contributed by atoms with E-state index in [1.807, 2.05) is 0 Å². The van der Waals surface area contributed by atoms with Crippen LogP contribution < -0.4 is 11.3 Å². The zero-order chi connectivity index (χ0) is 13.3. The largest absolute Gasteiger partial charge is 0.369 e. The lowest BCUT2D eigenvalue weighted by atomic mass is 10.4. The maximum Gasteiger partial charge on any atom is 0.266 e. The van der Waals surface area contributed by atoms with Crippen LogP contribution in [-0.4, -0.2) is 9.97 Å². The molecule has 4 nitrogen and oxygen atoms in total. The number of H-pyrrole nitrogens is 1. The van der Waals surface area contributed by atoms with E-state index in [4.69, 9.17) is 28.9 Å². The monoisotopic (exact) mass is 301 g/mol. The number of nitrogens with one attached hydrogen (secondary N) is 1. The lowest BCUT2D eigenvalue weighted by Gasteiger charge is -2.05. The highest BCUT2D eigenvalue weighted by molar-refractivity contribution is 7.99. The Hall–Kier alpha value is -1.17. The van der Waals surface area contributed by atoms with E-state index < -0.39 is 0 Å². The summed E-state index contributed by atoms with van der Waals surface area (Å²) in [4.78, 5) is 19.5. The van der Waals surface area contributed by atoms with Gasteiger partial charge in [-0.25, -0.2) is 4.98 Å². The number of benzene rings is 1. The lowest BCUT2D eigenvalue weighted by molar-refractivity contribution is 0.996. The molecular formula is C11H9Cl2N3OS. The predicted molar refractivity (Wildman–Crippen MR) is 74.6 cm³/mol. The highest BCUT2D eigenvalue weighted by atomic mass is 35.5. The normalized spacial score (nSPS) is 10.6. The Bertz CT molecular complexity index is 657. The van der Waals surface area contributed by atoms with Crippen molar-refractivity contribution in [2.75, 3.05) is 5.73 Å². The summed E-state index contributed by atoms with van der Waals surface area (Å²) in [7, 11) is 0. The summed E-state index contributed by atoms with van der Waals surface area (Å²) >= 11 is 13.0. The Morgan fingerprint density at radius 2 is 2.06 bits per heavy atom. The topological polar surface area (TPSA) is 71.8 Å². The number of rotatable bonds is 2. The van der Waals surface area contributed by atoms with Crippen molar-refractivity contribution in [1.29, 1.82) is 0 Å². The molecule has 2 aromatic rings. The molecule has 3 N–H and O–H groups in total. The van der Waals surface area contributed by atoms with Crippen molar-refractivity contribution >= 4 is 40.9 Å². The highest BCUT2D eigenvalue weighted by Gasteiger charge is 2.09. The van der Waals surface area contributed by atoms with Gasteiger partial charge < -0.3 is 5.73 Å². The fraction of sp³-hybridized carbons (Fsp3) is 0.0909. The first-order chi connectivity index (χ1) is 8.47. The van der Waals surface area contributed by atoms with E-state index in [1.165, 1.54) is 11.8 Å². The molecule has 7 heteroatoms. The molecule has 0 amide bonds. The maximum absolute atomic E-state index is 11.8. The quantitative estimate of drug-likeness (QED) is 0.894. The van der Waals surface area contributed by atoms with E-state index in [0.29, 0.717) is 20.6 Å². The minimum atomic E-state index is -0.268.